The van der Waals surface area contributed by atoms with E-state index < -0.39 is 6.04 Å². The minimum atomic E-state index is -0.447. The van der Waals surface area contributed by atoms with Gasteiger partial charge < -0.3 is 16.0 Å². The van der Waals surface area contributed by atoms with Crippen LogP contribution in [0.1, 0.15) is 33.1 Å². The molecular formula is C11H21N3O2. The summed E-state index contributed by atoms with van der Waals surface area (Å²) < 4.78 is 0. The molecule has 5 nitrogen and oxygen atoms in total. The average molecular weight is 227 g/mol. The molecule has 2 amide bonds. The number of nitrogens with one attached hydrogen (secondary N) is 1. The molecule has 0 aromatic heterocycles. The maximum atomic E-state index is 11.5. The highest BCUT2D eigenvalue weighted by molar-refractivity contribution is 5.82. The van der Waals surface area contributed by atoms with Crippen molar-refractivity contribution in [3.8, 4) is 0 Å². The monoisotopic (exact) mass is 227 g/mol. The van der Waals surface area contributed by atoms with E-state index >= 15 is 0 Å². The first-order chi connectivity index (χ1) is 7.54. The summed E-state index contributed by atoms with van der Waals surface area (Å²) in [6, 6.07) is -0.483. The van der Waals surface area contributed by atoms with Crippen molar-refractivity contribution in [3.05, 3.63) is 0 Å². The maximum absolute atomic E-state index is 11.5. The van der Waals surface area contributed by atoms with Gasteiger partial charge in [0.2, 0.25) is 11.8 Å². The summed E-state index contributed by atoms with van der Waals surface area (Å²) in [4.78, 5) is 24.7. The predicted molar refractivity (Wildman–Crippen MR) is 61.7 cm³/mol. The SMILES string of the molecule is CC[C@@H](N)C(=O)NC(C)CN1CCCC1=O. The van der Waals surface area contributed by atoms with E-state index in [1.54, 1.807) is 4.90 Å². The minimum Gasteiger partial charge on any atom is -0.351 e. The summed E-state index contributed by atoms with van der Waals surface area (Å²) >= 11 is 0. The van der Waals surface area contributed by atoms with E-state index in [0.717, 1.165) is 13.0 Å². The van der Waals surface area contributed by atoms with Crippen molar-refractivity contribution >= 4 is 11.8 Å². The molecule has 0 aromatic carbocycles. The molecule has 0 radical (unpaired) electrons. The molecule has 1 heterocycles. The number of hydrogen-bond acceptors (Lipinski definition) is 3. The zero-order valence-corrected chi connectivity index (χ0v) is 10.0. The van der Waals surface area contributed by atoms with E-state index in [-0.39, 0.29) is 17.9 Å². The number of likely N-dealkylation sites (tertiary alicyclic amines) is 1. The number of hydrogen-bond donors (Lipinski definition) is 2. The third-order valence-corrected chi connectivity index (χ3v) is 2.83. The van der Waals surface area contributed by atoms with Gasteiger partial charge in [-0.3, -0.25) is 9.59 Å². The number of nitrogens with two attached hydrogens (primary N) is 1. The Labute approximate surface area is 96.4 Å². The maximum Gasteiger partial charge on any atom is 0.237 e. The quantitative estimate of drug-likeness (QED) is 0.686. The first-order valence-corrected chi connectivity index (χ1v) is 5.88. The molecule has 1 aliphatic heterocycles. The Balaban J connectivity index is 2.32. The van der Waals surface area contributed by atoms with Crippen molar-refractivity contribution in [1.29, 1.82) is 0 Å². The normalized spacial score (nSPS) is 19.7. The molecule has 3 N–H and O–H groups in total. The molecular weight excluding hydrogens is 206 g/mol. The van der Waals surface area contributed by atoms with Crippen LogP contribution in [-0.2, 0) is 9.59 Å². The lowest BCUT2D eigenvalue weighted by Crippen LogP contribution is -2.48. The van der Waals surface area contributed by atoms with Crippen molar-refractivity contribution < 1.29 is 9.59 Å². The molecule has 1 fully saturated rings. The Hall–Kier alpha value is -1.10. The number of carbonyl (C=O) groups is 2. The van der Waals surface area contributed by atoms with Gasteiger partial charge >= 0.3 is 0 Å². The number of nitrogens with zero attached hydrogens (tertiary/aromatic N) is 1. The lowest BCUT2D eigenvalue weighted by atomic mass is 10.2. The van der Waals surface area contributed by atoms with Gasteiger partial charge in [0.25, 0.3) is 0 Å². The largest absolute Gasteiger partial charge is 0.351 e. The third-order valence-electron chi connectivity index (χ3n) is 2.83. The van der Waals surface area contributed by atoms with Gasteiger partial charge in [0.15, 0.2) is 0 Å². The van der Waals surface area contributed by atoms with Crippen LogP contribution in [0.25, 0.3) is 0 Å². The van der Waals surface area contributed by atoms with Gasteiger partial charge in [-0.15, -0.1) is 0 Å². The fourth-order valence-corrected chi connectivity index (χ4v) is 1.81. The molecule has 1 unspecified atom stereocenters. The van der Waals surface area contributed by atoms with Crippen molar-refractivity contribution in [2.75, 3.05) is 13.1 Å². The Kier molecular flexibility index (Phi) is 4.73. The Bertz CT molecular complexity index is 268. The van der Waals surface area contributed by atoms with Crippen LogP contribution >= 0.6 is 0 Å². The fourth-order valence-electron chi connectivity index (χ4n) is 1.81. The van der Waals surface area contributed by atoms with E-state index in [9.17, 15) is 9.59 Å². The van der Waals surface area contributed by atoms with Gasteiger partial charge in [-0.2, -0.15) is 0 Å². The highest BCUT2D eigenvalue weighted by Crippen LogP contribution is 2.09. The van der Waals surface area contributed by atoms with E-state index in [1.165, 1.54) is 0 Å². The van der Waals surface area contributed by atoms with Gasteiger partial charge in [-0.05, 0) is 19.8 Å². The van der Waals surface area contributed by atoms with Crippen LogP contribution in [0.3, 0.4) is 0 Å². The van der Waals surface area contributed by atoms with Crippen LogP contribution in [0.2, 0.25) is 0 Å². The molecule has 92 valence electrons. The van der Waals surface area contributed by atoms with Gasteiger partial charge in [0.1, 0.15) is 0 Å². The summed E-state index contributed by atoms with van der Waals surface area (Å²) in [5.74, 6) is 0.0440. The summed E-state index contributed by atoms with van der Waals surface area (Å²) in [6.07, 6.45) is 2.18. The zero-order valence-electron chi connectivity index (χ0n) is 10.0. The van der Waals surface area contributed by atoms with Crippen LogP contribution in [0, 0.1) is 0 Å². The average Bonchev–Trinajstić information content (AvgIpc) is 2.63. The highest BCUT2D eigenvalue weighted by Gasteiger charge is 2.23. The Morgan fingerprint density at radius 3 is 2.81 bits per heavy atom. The second-order valence-electron chi connectivity index (χ2n) is 4.37. The Morgan fingerprint density at radius 1 is 1.62 bits per heavy atom. The van der Waals surface area contributed by atoms with Gasteiger partial charge in [0, 0.05) is 25.6 Å². The van der Waals surface area contributed by atoms with Crippen LogP contribution in [0.15, 0.2) is 0 Å². The highest BCUT2D eigenvalue weighted by atomic mass is 16.2. The molecule has 0 saturated carbocycles. The molecule has 5 heteroatoms. The van der Waals surface area contributed by atoms with Gasteiger partial charge in [-0.1, -0.05) is 6.92 Å². The molecule has 0 bridgehead atoms. The van der Waals surface area contributed by atoms with Crippen LogP contribution < -0.4 is 11.1 Å². The van der Waals surface area contributed by atoms with Crippen LogP contribution in [-0.4, -0.2) is 41.9 Å². The molecule has 0 aliphatic carbocycles. The molecule has 1 saturated heterocycles. The molecule has 0 spiro atoms. The number of rotatable bonds is 5. The first kappa shape index (κ1) is 13.0. The topological polar surface area (TPSA) is 75.4 Å². The molecule has 0 aromatic rings. The zero-order chi connectivity index (χ0) is 12.1. The standard InChI is InChI=1S/C11H21N3O2/c1-3-9(12)11(16)13-8(2)7-14-6-4-5-10(14)15/h8-9H,3-7,12H2,1-2H3,(H,13,16)/t8?,9-/m1/s1. The van der Waals surface area contributed by atoms with E-state index in [4.69, 9.17) is 5.73 Å². The minimum absolute atomic E-state index is 0.0350. The summed E-state index contributed by atoms with van der Waals surface area (Å²) in [6.45, 7) is 5.16. The van der Waals surface area contributed by atoms with Crippen molar-refractivity contribution in [2.45, 2.75) is 45.2 Å². The van der Waals surface area contributed by atoms with E-state index in [0.29, 0.717) is 19.4 Å². The molecule has 2 atom stereocenters. The predicted octanol–water partition coefficient (Wildman–Crippen LogP) is -0.149. The van der Waals surface area contributed by atoms with E-state index in [2.05, 4.69) is 5.32 Å². The summed E-state index contributed by atoms with van der Waals surface area (Å²) in [7, 11) is 0. The van der Waals surface area contributed by atoms with Crippen LogP contribution in [0.5, 0.6) is 0 Å². The molecule has 16 heavy (non-hydrogen) atoms. The number of carbonyl (C=O) groups excluding carboxylic acids is 2. The first-order valence-electron chi connectivity index (χ1n) is 5.88. The van der Waals surface area contributed by atoms with Gasteiger partial charge in [0.05, 0.1) is 6.04 Å². The second-order valence-corrected chi connectivity index (χ2v) is 4.37. The lowest BCUT2D eigenvalue weighted by molar-refractivity contribution is -0.129. The van der Waals surface area contributed by atoms with E-state index in [1.807, 2.05) is 13.8 Å². The molecule has 1 rings (SSSR count). The summed E-state index contributed by atoms with van der Waals surface area (Å²) in [5.41, 5.74) is 5.61. The smallest absolute Gasteiger partial charge is 0.237 e. The fraction of sp³-hybridized carbons (Fsp3) is 0.818. The third kappa shape index (κ3) is 3.48. The summed E-state index contributed by atoms with van der Waals surface area (Å²) in [5, 5.41) is 2.82. The van der Waals surface area contributed by atoms with Crippen LogP contribution in [0.4, 0.5) is 0 Å². The van der Waals surface area contributed by atoms with Crippen molar-refractivity contribution in [1.82, 2.24) is 10.2 Å². The number of amides is 2. The second kappa shape index (κ2) is 5.84. The van der Waals surface area contributed by atoms with Gasteiger partial charge in [-0.25, -0.2) is 0 Å². The molecule has 1 aliphatic rings. The Morgan fingerprint density at radius 2 is 2.31 bits per heavy atom. The van der Waals surface area contributed by atoms with Crippen molar-refractivity contribution in [2.24, 2.45) is 5.73 Å². The lowest BCUT2D eigenvalue weighted by Gasteiger charge is -2.22. The van der Waals surface area contributed by atoms with Crippen molar-refractivity contribution in [3.63, 3.8) is 0 Å².